The fraction of sp³-hybridized carbons (Fsp3) is 0.625. The lowest BCUT2D eigenvalue weighted by atomic mass is 9.87. The van der Waals surface area contributed by atoms with Gasteiger partial charge in [-0.25, -0.2) is 8.42 Å². The molecule has 0 unspecified atom stereocenters. The van der Waals surface area contributed by atoms with E-state index >= 15 is 0 Å². The van der Waals surface area contributed by atoms with E-state index in [0.29, 0.717) is 24.5 Å². The quantitative estimate of drug-likeness (QED) is 0.911. The minimum absolute atomic E-state index is 0.0608. The number of hydrogen-bond acceptors (Lipinski definition) is 3. The molecule has 1 aromatic carbocycles. The first-order valence-corrected chi connectivity index (χ1v) is 8.91. The smallest absolute Gasteiger partial charge is 0.243 e. The van der Waals surface area contributed by atoms with E-state index in [0.717, 1.165) is 11.1 Å². The molecular weight excluding hydrogens is 284 g/mol. The summed E-state index contributed by atoms with van der Waals surface area (Å²) in [6, 6.07) is 5.98. The molecule has 21 heavy (non-hydrogen) atoms. The van der Waals surface area contributed by atoms with Gasteiger partial charge in [0, 0.05) is 25.7 Å². The molecule has 0 spiro atoms. The predicted octanol–water partition coefficient (Wildman–Crippen LogP) is 2.27. The van der Waals surface area contributed by atoms with E-state index in [1.165, 1.54) is 0 Å². The maximum Gasteiger partial charge on any atom is 0.243 e. The summed E-state index contributed by atoms with van der Waals surface area (Å²) >= 11 is 0. The number of rotatable bonds is 2. The van der Waals surface area contributed by atoms with Gasteiger partial charge in [-0.3, -0.25) is 0 Å². The summed E-state index contributed by atoms with van der Waals surface area (Å²) < 4.78 is 27.5. The second-order valence-corrected chi connectivity index (χ2v) is 8.85. The number of piperazine rings is 1. The highest BCUT2D eigenvalue weighted by molar-refractivity contribution is 7.89. The van der Waals surface area contributed by atoms with Crippen LogP contribution in [0.4, 0.5) is 0 Å². The van der Waals surface area contributed by atoms with Crippen LogP contribution in [-0.2, 0) is 15.4 Å². The molecular formula is C16H26N2O2S. The van der Waals surface area contributed by atoms with E-state index in [4.69, 9.17) is 0 Å². The van der Waals surface area contributed by atoms with Gasteiger partial charge < -0.3 is 5.32 Å². The third-order valence-electron chi connectivity index (χ3n) is 4.00. The van der Waals surface area contributed by atoms with Crippen LogP contribution < -0.4 is 5.32 Å². The Kier molecular flexibility index (Phi) is 4.47. The number of benzene rings is 1. The summed E-state index contributed by atoms with van der Waals surface area (Å²) in [6.07, 6.45) is 0. The molecule has 1 aliphatic heterocycles. The molecule has 0 saturated carbocycles. The molecule has 5 heteroatoms. The van der Waals surface area contributed by atoms with E-state index in [-0.39, 0.29) is 11.5 Å². The first kappa shape index (κ1) is 16.5. The number of sulfonamides is 1. The second-order valence-electron chi connectivity index (χ2n) is 6.95. The number of aryl methyl sites for hydroxylation is 1. The highest BCUT2D eigenvalue weighted by atomic mass is 32.2. The lowest BCUT2D eigenvalue weighted by molar-refractivity contribution is 0.310. The Morgan fingerprint density at radius 3 is 2.52 bits per heavy atom. The van der Waals surface area contributed by atoms with Gasteiger partial charge in [0.15, 0.2) is 0 Å². The van der Waals surface area contributed by atoms with Crippen LogP contribution in [0.15, 0.2) is 23.1 Å². The van der Waals surface area contributed by atoms with Gasteiger partial charge in [-0.2, -0.15) is 4.31 Å². The standard InChI is InChI=1S/C16H26N2O2S/c1-12-6-7-14(16(3,4)5)10-15(12)21(19,20)18-9-8-17-13(2)11-18/h6-7,10,13,17H,8-9,11H2,1-5H3/t13-/m1/s1. The molecule has 2 rings (SSSR count). The van der Waals surface area contributed by atoms with E-state index in [1.54, 1.807) is 4.31 Å². The van der Waals surface area contributed by atoms with Crippen molar-refractivity contribution in [3.05, 3.63) is 29.3 Å². The van der Waals surface area contributed by atoms with Crippen molar-refractivity contribution in [1.29, 1.82) is 0 Å². The number of nitrogens with zero attached hydrogens (tertiary/aromatic N) is 1. The number of hydrogen-bond donors (Lipinski definition) is 1. The Labute approximate surface area is 128 Å². The molecule has 0 radical (unpaired) electrons. The van der Waals surface area contributed by atoms with Crippen LogP contribution in [0.5, 0.6) is 0 Å². The average Bonchev–Trinajstić information content (AvgIpc) is 2.37. The lowest BCUT2D eigenvalue weighted by Crippen LogP contribution is -2.51. The van der Waals surface area contributed by atoms with Crippen molar-refractivity contribution in [2.45, 2.75) is 51.0 Å². The molecule has 0 bridgehead atoms. The third kappa shape index (κ3) is 3.47. The zero-order valence-electron chi connectivity index (χ0n) is 13.6. The van der Waals surface area contributed by atoms with Crippen molar-refractivity contribution in [2.75, 3.05) is 19.6 Å². The molecule has 4 nitrogen and oxygen atoms in total. The fourth-order valence-electron chi connectivity index (χ4n) is 2.60. The second kappa shape index (κ2) is 5.71. The summed E-state index contributed by atoms with van der Waals surface area (Å²) in [7, 11) is -3.42. The fourth-order valence-corrected chi connectivity index (χ4v) is 4.38. The predicted molar refractivity (Wildman–Crippen MR) is 86.1 cm³/mol. The van der Waals surface area contributed by atoms with Gasteiger partial charge in [0.05, 0.1) is 4.90 Å². The van der Waals surface area contributed by atoms with Crippen LogP contribution >= 0.6 is 0 Å². The largest absolute Gasteiger partial charge is 0.312 e. The van der Waals surface area contributed by atoms with Crippen molar-refractivity contribution >= 4 is 10.0 Å². The van der Waals surface area contributed by atoms with Crippen LogP contribution in [0.25, 0.3) is 0 Å². The summed E-state index contributed by atoms with van der Waals surface area (Å²) in [5.74, 6) is 0. The van der Waals surface area contributed by atoms with E-state index in [1.807, 2.05) is 32.0 Å². The van der Waals surface area contributed by atoms with Crippen LogP contribution in [0.3, 0.4) is 0 Å². The zero-order valence-corrected chi connectivity index (χ0v) is 14.4. The average molecular weight is 310 g/mol. The van der Waals surface area contributed by atoms with Crippen LogP contribution in [-0.4, -0.2) is 38.4 Å². The Hall–Kier alpha value is -0.910. The topological polar surface area (TPSA) is 49.4 Å². The summed E-state index contributed by atoms with van der Waals surface area (Å²) in [6.45, 7) is 11.9. The highest BCUT2D eigenvalue weighted by Crippen LogP contribution is 2.28. The molecule has 0 amide bonds. The van der Waals surface area contributed by atoms with Crippen molar-refractivity contribution in [2.24, 2.45) is 0 Å². The van der Waals surface area contributed by atoms with Gasteiger partial charge in [-0.15, -0.1) is 0 Å². The molecule has 0 aliphatic carbocycles. The monoisotopic (exact) mass is 310 g/mol. The van der Waals surface area contributed by atoms with Gasteiger partial charge in [0.2, 0.25) is 10.0 Å². The molecule has 1 heterocycles. The van der Waals surface area contributed by atoms with Gasteiger partial charge >= 0.3 is 0 Å². The maximum atomic E-state index is 12.9. The first-order chi connectivity index (χ1) is 9.62. The van der Waals surface area contributed by atoms with E-state index in [9.17, 15) is 8.42 Å². The summed E-state index contributed by atoms with van der Waals surface area (Å²) in [5.41, 5.74) is 1.80. The Morgan fingerprint density at radius 2 is 1.95 bits per heavy atom. The van der Waals surface area contributed by atoms with Gasteiger partial charge in [0.25, 0.3) is 0 Å². The first-order valence-electron chi connectivity index (χ1n) is 7.47. The van der Waals surface area contributed by atoms with Crippen molar-refractivity contribution in [3.8, 4) is 0 Å². The SMILES string of the molecule is Cc1ccc(C(C)(C)C)cc1S(=O)(=O)N1CCN[C@H](C)C1. The van der Waals surface area contributed by atoms with Crippen LogP contribution in [0, 0.1) is 6.92 Å². The molecule has 1 N–H and O–H groups in total. The van der Waals surface area contributed by atoms with Crippen molar-refractivity contribution < 1.29 is 8.42 Å². The summed E-state index contributed by atoms with van der Waals surface area (Å²) in [5, 5.41) is 3.28. The third-order valence-corrected chi connectivity index (χ3v) is 6.01. The Balaban J connectivity index is 2.44. The Morgan fingerprint density at radius 1 is 1.29 bits per heavy atom. The van der Waals surface area contributed by atoms with E-state index in [2.05, 4.69) is 26.1 Å². The van der Waals surface area contributed by atoms with Gasteiger partial charge in [-0.1, -0.05) is 32.9 Å². The molecule has 0 aromatic heterocycles. The van der Waals surface area contributed by atoms with E-state index < -0.39 is 10.0 Å². The lowest BCUT2D eigenvalue weighted by Gasteiger charge is -2.32. The Bertz CT molecular complexity index is 618. The molecule has 1 fully saturated rings. The molecule has 1 atom stereocenters. The molecule has 1 aromatic rings. The van der Waals surface area contributed by atoms with Crippen molar-refractivity contribution in [3.63, 3.8) is 0 Å². The van der Waals surface area contributed by atoms with Gasteiger partial charge in [-0.05, 0) is 36.5 Å². The maximum absolute atomic E-state index is 12.9. The zero-order chi connectivity index (χ0) is 15.8. The number of nitrogens with one attached hydrogen (secondary N) is 1. The van der Waals surface area contributed by atoms with Gasteiger partial charge in [0.1, 0.15) is 0 Å². The molecule has 118 valence electrons. The van der Waals surface area contributed by atoms with Crippen LogP contribution in [0.2, 0.25) is 0 Å². The molecule has 1 aliphatic rings. The van der Waals surface area contributed by atoms with Crippen molar-refractivity contribution in [1.82, 2.24) is 9.62 Å². The summed E-state index contributed by atoms with van der Waals surface area (Å²) in [4.78, 5) is 0.448. The highest BCUT2D eigenvalue weighted by Gasteiger charge is 2.30. The minimum Gasteiger partial charge on any atom is -0.312 e. The minimum atomic E-state index is -3.42. The molecule has 1 saturated heterocycles. The normalized spacial score (nSPS) is 21.5. The van der Waals surface area contributed by atoms with Crippen LogP contribution in [0.1, 0.15) is 38.8 Å².